The van der Waals surface area contributed by atoms with Gasteiger partial charge in [-0.25, -0.2) is 4.98 Å². The Morgan fingerprint density at radius 1 is 1.20 bits per heavy atom. The molecule has 2 aliphatic carbocycles. The van der Waals surface area contributed by atoms with Gasteiger partial charge in [0, 0.05) is 28.5 Å². The van der Waals surface area contributed by atoms with Crippen molar-refractivity contribution in [1.82, 2.24) is 9.88 Å². The van der Waals surface area contributed by atoms with Gasteiger partial charge in [-0.2, -0.15) is 0 Å². The van der Waals surface area contributed by atoms with Crippen LogP contribution in [0.4, 0.5) is 0 Å². The van der Waals surface area contributed by atoms with Crippen LogP contribution >= 0.6 is 11.3 Å². The Morgan fingerprint density at radius 2 is 2.03 bits per heavy atom. The van der Waals surface area contributed by atoms with Gasteiger partial charge in [0.25, 0.3) is 0 Å². The first-order valence-corrected chi connectivity index (χ1v) is 11.3. The number of rotatable bonds is 1. The molecule has 2 bridgehead atoms. The number of likely N-dealkylation sites (N-methyl/N-ethyl adjacent to an activating group) is 1. The van der Waals surface area contributed by atoms with E-state index in [9.17, 15) is 10.2 Å². The maximum absolute atomic E-state index is 12.4. The first-order valence-electron chi connectivity index (χ1n) is 10.5. The largest absolute Gasteiger partial charge is 0.504 e. The van der Waals surface area contributed by atoms with E-state index in [4.69, 9.17) is 9.72 Å². The molecule has 5 nitrogen and oxygen atoms in total. The quantitative estimate of drug-likeness (QED) is 0.634. The third-order valence-corrected chi connectivity index (χ3v) is 9.03. The number of hydrogen-bond donors (Lipinski definition) is 2. The zero-order valence-electron chi connectivity index (χ0n) is 16.6. The van der Waals surface area contributed by atoms with Crippen LogP contribution in [0, 0.1) is 0 Å². The Hall–Kier alpha value is -2.41. The first kappa shape index (κ1) is 17.3. The number of ether oxygens (including phenoxy) is 1. The number of fused-ring (bicyclic) bond motifs is 2. The molecule has 0 radical (unpaired) electrons. The molecule has 0 amide bonds. The minimum Gasteiger partial charge on any atom is -0.504 e. The average molecular weight is 419 g/mol. The number of nitrogens with zero attached hydrogens (tertiary/aromatic N) is 2. The molecule has 3 heterocycles. The molecule has 0 saturated carbocycles. The minimum atomic E-state index is -0.940. The molecule has 1 fully saturated rings. The van der Waals surface area contributed by atoms with Crippen LogP contribution in [0.15, 0.2) is 42.5 Å². The normalized spacial score (nSPS) is 33.0. The summed E-state index contributed by atoms with van der Waals surface area (Å²) in [7, 11) is 2.12. The number of phenolic OH excluding ortho intramolecular Hbond substituents is 1. The summed E-state index contributed by atoms with van der Waals surface area (Å²) >= 11 is 1.66. The van der Waals surface area contributed by atoms with Crippen molar-refractivity contribution in [3.63, 3.8) is 0 Å². The number of hydrogen-bond acceptors (Lipinski definition) is 6. The highest BCUT2D eigenvalue weighted by Gasteiger charge is 2.72. The maximum atomic E-state index is 12.4. The van der Waals surface area contributed by atoms with E-state index in [1.807, 2.05) is 24.3 Å². The average Bonchev–Trinajstić information content (AvgIpc) is 3.31. The van der Waals surface area contributed by atoms with Gasteiger partial charge >= 0.3 is 0 Å². The van der Waals surface area contributed by atoms with Crippen LogP contribution in [0.1, 0.15) is 34.2 Å². The molecule has 0 unspecified atom stereocenters. The van der Waals surface area contributed by atoms with Crippen molar-refractivity contribution in [2.75, 3.05) is 13.6 Å². The van der Waals surface area contributed by atoms with Crippen molar-refractivity contribution >= 4 is 11.3 Å². The number of aromatic nitrogens is 1. The third kappa shape index (κ3) is 1.80. The predicted molar refractivity (Wildman–Crippen MR) is 114 cm³/mol. The number of benzene rings is 2. The molecule has 1 spiro atoms. The van der Waals surface area contributed by atoms with E-state index in [2.05, 4.69) is 24.1 Å². The van der Waals surface area contributed by atoms with Crippen molar-refractivity contribution in [3.8, 4) is 22.1 Å². The molecule has 2 N–H and O–H groups in total. The zero-order chi connectivity index (χ0) is 20.3. The number of phenols is 1. The number of aliphatic hydroxyl groups is 1. The van der Waals surface area contributed by atoms with Gasteiger partial charge in [-0.05, 0) is 38.1 Å². The highest BCUT2D eigenvalue weighted by atomic mass is 32.1. The van der Waals surface area contributed by atoms with E-state index in [-0.39, 0.29) is 17.9 Å². The Bertz CT molecular complexity index is 1210. The van der Waals surface area contributed by atoms with Gasteiger partial charge in [-0.15, -0.1) is 11.3 Å². The number of likely N-dealkylation sites (tertiary alicyclic amines) is 1. The van der Waals surface area contributed by atoms with Gasteiger partial charge in [0.2, 0.25) is 0 Å². The zero-order valence-corrected chi connectivity index (χ0v) is 17.4. The lowest BCUT2D eigenvalue weighted by molar-refractivity contribution is -0.167. The second-order valence-electron chi connectivity index (χ2n) is 9.16. The topological polar surface area (TPSA) is 65.8 Å². The van der Waals surface area contributed by atoms with Gasteiger partial charge in [-0.3, -0.25) is 0 Å². The molecular weight excluding hydrogens is 396 g/mol. The molecule has 152 valence electrons. The van der Waals surface area contributed by atoms with Crippen LogP contribution in [0.25, 0.3) is 10.6 Å². The lowest BCUT2D eigenvalue weighted by atomic mass is 9.49. The Labute approximate surface area is 178 Å². The maximum Gasteiger partial charge on any atom is 0.166 e. The van der Waals surface area contributed by atoms with Crippen LogP contribution in [-0.4, -0.2) is 45.3 Å². The van der Waals surface area contributed by atoms with Crippen molar-refractivity contribution < 1.29 is 14.9 Å². The van der Waals surface area contributed by atoms with Crippen LogP contribution in [-0.2, 0) is 18.3 Å². The van der Waals surface area contributed by atoms with Crippen molar-refractivity contribution in [2.45, 2.75) is 42.4 Å². The van der Waals surface area contributed by atoms with Gasteiger partial charge in [0.1, 0.15) is 5.01 Å². The Morgan fingerprint density at radius 3 is 2.87 bits per heavy atom. The lowest BCUT2D eigenvalue weighted by Crippen LogP contribution is -2.73. The first-order chi connectivity index (χ1) is 14.5. The standard InChI is InChI=1S/C24H22N2O3S/c1-26-10-9-23-18-14-7-8-15(27)20(18)29-21(23)19-16(12-24(23,28)17(26)11-14)30-22(25-19)13-5-3-2-4-6-13/h2-8,17,21,27-28H,9-12H2,1H3/t17-,21+,23+,24-/m1/s1. The fourth-order valence-corrected chi connectivity index (χ4v) is 7.75. The van der Waals surface area contributed by atoms with Crippen molar-refractivity contribution in [3.05, 3.63) is 64.2 Å². The highest BCUT2D eigenvalue weighted by Crippen LogP contribution is 2.68. The molecule has 2 aliphatic heterocycles. The minimum absolute atomic E-state index is 0.0239. The van der Waals surface area contributed by atoms with E-state index in [0.717, 1.165) is 46.1 Å². The molecule has 1 saturated heterocycles. The van der Waals surface area contributed by atoms with Gasteiger partial charge in [0.15, 0.2) is 17.6 Å². The molecule has 3 aromatic rings. The van der Waals surface area contributed by atoms with Gasteiger partial charge in [0.05, 0.1) is 16.7 Å². The highest BCUT2D eigenvalue weighted by molar-refractivity contribution is 7.15. The van der Waals surface area contributed by atoms with Crippen molar-refractivity contribution in [1.29, 1.82) is 0 Å². The summed E-state index contributed by atoms with van der Waals surface area (Å²) in [6, 6.07) is 14.0. The molecule has 4 atom stereocenters. The molecule has 4 aliphatic rings. The van der Waals surface area contributed by atoms with E-state index in [1.54, 1.807) is 17.4 Å². The SMILES string of the molecule is CN1CC[C@]23c4c5ccc(O)c4O[C@H]2c2nc(-c4ccccc4)sc2C[C@@]3(O)[C@H]1C5. The van der Waals surface area contributed by atoms with Crippen LogP contribution in [0.2, 0.25) is 0 Å². The molecule has 7 rings (SSSR count). The third-order valence-electron chi connectivity index (χ3n) is 7.91. The van der Waals surface area contributed by atoms with Crippen molar-refractivity contribution in [2.24, 2.45) is 0 Å². The Balaban J connectivity index is 1.51. The summed E-state index contributed by atoms with van der Waals surface area (Å²) in [5.74, 6) is 0.721. The Kier molecular flexibility index (Phi) is 3.13. The van der Waals surface area contributed by atoms with Gasteiger partial charge < -0.3 is 19.8 Å². The summed E-state index contributed by atoms with van der Waals surface area (Å²) in [4.78, 5) is 8.45. The number of aromatic hydroxyl groups is 1. The molecule has 6 heteroatoms. The second-order valence-corrected chi connectivity index (χ2v) is 10.2. The molecule has 1 aromatic heterocycles. The fraction of sp³-hybridized carbons (Fsp3) is 0.375. The summed E-state index contributed by atoms with van der Waals surface area (Å²) < 4.78 is 6.50. The fourth-order valence-electron chi connectivity index (χ4n) is 6.57. The van der Waals surface area contributed by atoms with Crippen LogP contribution in [0.3, 0.4) is 0 Å². The summed E-state index contributed by atoms with van der Waals surface area (Å²) in [5.41, 5.74) is 2.75. The van der Waals surface area contributed by atoms with Gasteiger partial charge in [-0.1, -0.05) is 36.4 Å². The summed E-state index contributed by atoms with van der Waals surface area (Å²) in [6.07, 6.45) is 1.78. The molecule has 30 heavy (non-hydrogen) atoms. The monoisotopic (exact) mass is 418 g/mol. The number of piperidine rings is 1. The van der Waals surface area contributed by atoms with E-state index >= 15 is 0 Å². The van der Waals surface area contributed by atoms with Crippen LogP contribution < -0.4 is 4.74 Å². The molecular formula is C24H22N2O3S. The second kappa shape index (κ2) is 5.44. The van der Waals surface area contributed by atoms with E-state index < -0.39 is 11.0 Å². The predicted octanol–water partition coefficient (Wildman–Crippen LogP) is 3.43. The lowest BCUT2D eigenvalue weighted by Gasteiger charge is -2.61. The smallest absolute Gasteiger partial charge is 0.166 e. The van der Waals surface area contributed by atoms with Crippen LogP contribution in [0.5, 0.6) is 11.5 Å². The van der Waals surface area contributed by atoms with E-state index in [1.165, 1.54) is 5.56 Å². The van der Waals surface area contributed by atoms with E-state index in [0.29, 0.717) is 12.2 Å². The molecule has 2 aromatic carbocycles. The number of thiazole rings is 1. The summed E-state index contributed by atoms with van der Waals surface area (Å²) in [5, 5.41) is 24.0. The summed E-state index contributed by atoms with van der Waals surface area (Å²) in [6.45, 7) is 0.895.